The van der Waals surface area contributed by atoms with Crippen LogP contribution in [0.4, 0.5) is 4.39 Å². The number of phenols is 1. The van der Waals surface area contributed by atoms with Crippen LogP contribution in [0.2, 0.25) is 0 Å². The molecule has 1 unspecified atom stereocenters. The van der Waals surface area contributed by atoms with Crippen LogP contribution in [0.3, 0.4) is 0 Å². The van der Waals surface area contributed by atoms with Gasteiger partial charge in [-0.05, 0) is 78.8 Å². The van der Waals surface area contributed by atoms with Crippen molar-refractivity contribution in [3.05, 3.63) is 72.1 Å². The summed E-state index contributed by atoms with van der Waals surface area (Å²) in [5, 5.41) is 11.6. The summed E-state index contributed by atoms with van der Waals surface area (Å²) in [4.78, 5) is 0. The highest BCUT2D eigenvalue weighted by Crippen LogP contribution is 2.28. The summed E-state index contributed by atoms with van der Waals surface area (Å²) < 4.78 is 20.5. The van der Waals surface area contributed by atoms with Gasteiger partial charge in [-0.15, -0.1) is 0 Å². The van der Waals surface area contributed by atoms with Crippen molar-refractivity contribution in [1.82, 2.24) is 0 Å². The molecule has 164 valence electrons. The average molecular weight is 421 g/mol. The fourth-order valence-electron chi connectivity index (χ4n) is 3.71. The van der Waals surface area contributed by atoms with E-state index in [1.807, 2.05) is 48.6 Å². The molecule has 0 amide bonds. The SMILES string of the molecule is CCCCCOC(C)CCCC=Cc1ccc(-c2ccc3cc(O)ccc3c2)cc1F. The normalized spacial score (nSPS) is 12.6. The molecule has 3 heteroatoms. The third-order valence-corrected chi connectivity index (χ3v) is 5.59. The second-order valence-electron chi connectivity index (χ2n) is 8.20. The lowest BCUT2D eigenvalue weighted by molar-refractivity contribution is 0.0566. The van der Waals surface area contributed by atoms with Gasteiger partial charge >= 0.3 is 0 Å². The molecular weight excluding hydrogens is 387 g/mol. The number of fused-ring (bicyclic) bond motifs is 1. The molecule has 1 atom stereocenters. The number of phenolic OH excluding ortho intramolecular Hbond substituents is 1. The van der Waals surface area contributed by atoms with Crippen LogP contribution >= 0.6 is 0 Å². The smallest absolute Gasteiger partial charge is 0.131 e. The van der Waals surface area contributed by atoms with E-state index in [4.69, 9.17) is 4.74 Å². The lowest BCUT2D eigenvalue weighted by Crippen LogP contribution is -2.08. The molecule has 0 aliphatic carbocycles. The Labute approximate surface area is 185 Å². The van der Waals surface area contributed by atoms with Crippen molar-refractivity contribution in [2.24, 2.45) is 0 Å². The van der Waals surface area contributed by atoms with E-state index < -0.39 is 0 Å². The second kappa shape index (κ2) is 11.7. The predicted molar refractivity (Wildman–Crippen MR) is 129 cm³/mol. The summed E-state index contributed by atoms with van der Waals surface area (Å²) in [5.41, 5.74) is 2.41. The van der Waals surface area contributed by atoms with Crippen molar-refractivity contribution in [3.8, 4) is 16.9 Å². The Bertz CT molecular complexity index is 1010. The van der Waals surface area contributed by atoms with E-state index in [1.165, 1.54) is 12.8 Å². The Morgan fingerprint density at radius 2 is 1.68 bits per heavy atom. The third kappa shape index (κ3) is 6.93. The van der Waals surface area contributed by atoms with E-state index in [2.05, 4.69) is 13.8 Å². The minimum Gasteiger partial charge on any atom is -0.508 e. The van der Waals surface area contributed by atoms with Crippen LogP contribution in [0, 0.1) is 5.82 Å². The average Bonchev–Trinajstić information content (AvgIpc) is 2.77. The maximum atomic E-state index is 14.6. The molecule has 0 bridgehead atoms. The maximum Gasteiger partial charge on any atom is 0.131 e. The number of hydrogen-bond acceptors (Lipinski definition) is 2. The van der Waals surface area contributed by atoms with Gasteiger partial charge in [0, 0.05) is 12.2 Å². The molecule has 0 saturated heterocycles. The summed E-state index contributed by atoms with van der Waals surface area (Å²) in [5.74, 6) is 0.0311. The van der Waals surface area contributed by atoms with Gasteiger partial charge in [0.15, 0.2) is 0 Å². The summed E-state index contributed by atoms with van der Waals surface area (Å²) in [7, 11) is 0. The molecule has 0 heterocycles. The minimum atomic E-state index is -0.216. The maximum absolute atomic E-state index is 14.6. The first-order valence-corrected chi connectivity index (χ1v) is 11.4. The summed E-state index contributed by atoms with van der Waals surface area (Å²) >= 11 is 0. The Balaban J connectivity index is 1.53. The molecule has 0 saturated carbocycles. The van der Waals surface area contributed by atoms with Gasteiger partial charge in [0.2, 0.25) is 0 Å². The third-order valence-electron chi connectivity index (χ3n) is 5.59. The van der Waals surface area contributed by atoms with Crippen molar-refractivity contribution in [2.75, 3.05) is 6.61 Å². The van der Waals surface area contributed by atoms with Crippen molar-refractivity contribution in [3.63, 3.8) is 0 Å². The first-order chi connectivity index (χ1) is 15.1. The number of aromatic hydroxyl groups is 1. The van der Waals surface area contributed by atoms with Crippen LogP contribution in [0.25, 0.3) is 28.0 Å². The molecule has 31 heavy (non-hydrogen) atoms. The first kappa shape index (κ1) is 23.0. The summed E-state index contributed by atoms with van der Waals surface area (Å²) in [6, 6.07) is 16.6. The van der Waals surface area contributed by atoms with Crippen molar-refractivity contribution >= 4 is 16.8 Å². The highest BCUT2D eigenvalue weighted by atomic mass is 19.1. The van der Waals surface area contributed by atoms with Crippen LogP contribution in [0.5, 0.6) is 5.75 Å². The fourth-order valence-corrected chi connectivity index (χ4v) is 3.71. The van der Waals surface area contributed by atoms with Crippen LogP contribution in [0.1, 0.15) is 57.9 Å². The lowest BCUT2D eigenvalue weighted by Gasteiger charge is -2.12. The molecule has 0 radical (unpaired) electrons. The van der Waals surface area contributed by atoms with Crippen molar-refractivity contribution < 1.29 is 14.2 Å². The summed E-state index contributed by atoms with van der Waals surface area (Å²) in [6.07, 6.45) is 10.8. The monoisotopic (exact) mass is 420 g/mol. The number of unbranched alkanes of at least 4 members (excludes halogenated alkanes) is 3. The van der Waals surface area contributed by atoms with E-state index in [0.717, 1.165) is 54.2 Å². The molecule has 0 aliphatic rings. The number of benzene rings is 3. The number of halogens is 1. The predicted octanol–water partition coefficient (Wildman–Crippen LogP) is 8.13. The highest BCUT2D eigenvalue weighted by molar-refractivity contribution is 5.88. The van der Waals surface area contributed by atoms with Gasteiger partial charge in [0.05, 0.1) is 6.10 Å². The van der Waals surface area contributed by atoms with Gasteiger partial charge in [-0.3, -0.25) is 0 Å². The lowest BCUT2D eigenvalue weighted by atomic mass is 9.99. The number of hydrogen-bond donors (Lipinski definition) is 1. The topological polar surface area (TPSA) is 29.5 Å². The Morgan fingerprint density at radius 3 is 2.48 bits per heavy atom. The van der Waals surface area contributed by atoms with Gasteiger partial charge in [-0.2, -0.15) is 0 Å². The Morgan fingerprint density at radius 1 is 0.935 bits per heavy atom. The largest absolute Gasteiger partial charge is 0.508 e. The molecule has 0 spiro atoms. The first-order valence-electron chi connectivity index (χ1n) is 11.4. The molecule has 3 rings (SSSR count). The van der Waals surface area contributed by atoms with Crippen molar-refractivity contribution in [2.45, 2.75) is 58.5 Å². The highest BCUT2D eigenvalue weighted by Gasteiger charge is 2.05. The zero-order valence-electron chi connectivity index (χ0n) is 18.6. The van der Waals surface area contributed by atoms with Crippen LogP contribution in [0.15, 0.2) is 60.7 Å². The minimum absolute atomic E-state index is 0.216. The zero-order chi connectivity index (χ0) is 22.1. The van der Waals surface area contributed by atoms with Gasteiger partial charge in [0.25, 0.3) is 0 Å². The Kier molecular flexibility index (Phi) is 8.66. The molecule has 2 nitrogen and oxygen atoms in total. The molecular formula is C28H33FO2. The van der Waals surface area contributed by atoms with E-state index in [9.17, 15) is 9.50 Å². The molecule has 0 aliphatic heterocycles. The van der Waals surface area contributed by atoms with E-state index in [0.29, 0.717) is 5.56 Å². The van der Waals surface area contributed by atoms with Gasteiger partial charge in [-0.25, -0.2) is 4.39 Å². The van der Waals surface area contributed by atoms with Crippen molar-refractivity contribution in [1.29, 1.82) is 0 Å². The van der Waals surface area contributed by atoms with E-state index in [1.54, 1.807) is 18.2 Å². The van der Waals surface area contributed by atoms with Gasteiger partial charge in [0.1, 0.15) is 11.6 Å². The fraction of sp³-hybridized carbons (Fsp3) is 0.357. The molecule has 0 fully saturated rings. The van der Waals surface area contributed by atoms with E-state index in [-0.39, 0.29) is 17.7 Å². The zero-order valence-corrected chi connectivity index (χ0v) is 18.6. The standard InChI is InChI=1S/C28H33FO2/c1-3-4-8-17-31-21(2)9-6-5-7-10-22-11-12-26(20-28(22)29)23-13-14-25-19-27(30)16-15-24(25)18-23/h7,10-16,18-21,30H,3-6,8-9,17H2,1-2H3. The number of ether oxygens (including phenoxy) is 1. The molecule has 0 aromatic heterocycles. The Hall–Kier alpha value is -2.65. The van der Waals surface area contributed by atoms with Crippen LogP contribution < -0.4 is 0 Å². The number of allylic oxidation sites excluding steroid dienone is 1. The molecule has 3 aromatic rings. The van der Waals surface area contributed by atoms with Gasteiger partial charge < -0.3 is 9.84 Å². The number of rotatable bonds is 11. The quantitative estimate of drug-likeness (QED) is 0.317. The second-order valence-corrected chi connectivity index (χ2v) is 8.20. The summed E-state index contributed by atoms with van der Waals surface area (Å²) in [6.45, 7) is 5.17. The molecule has 1 N–H and O–H groups in total. The van der Waals surface area contributed by atoms with Crippen LogP contribution in [-0.4, -0.2) is 17.8 Å². The van der Waals surface area contributed by atoms with E-state index >= 15 is 0 Å². The molecule has 3 aromatic carbocycles. The van der Waals surface area contributed by atoms with Gasteiger partial charge in [-0.1, -0.05) is 62.2 Å². The van der Waals surface area contributed by atoms with Crippen LogP contribution in [-0.2, 0) is 4.74 Å².